The number of thiophene rings is 1. The van der Waals surface area contributed by atoms with E-state index >= 15 is 0 Å². The predicted molar refractivity (Wildman–Crippen MR) is 93.9 cm³/mol. The first-order valence-electron chi connectivity index (χ1n) is 7.79. The number of amides is 2. The molecule has 7 nitrogen and oxygen atoms in total. The molecule has 0 aliphatic carbocycles. The Morgan fingerprint density at radius 2 is 2.28 bits per heavy atom. The molecular formula is C17H16N4O3S. The molecule has 1 aliphatic heterocycles. The Morgan fingerprint density at radius 1 is 1.40 bits per heavy atom. The van der Waals surface area contributed by atoms with Crippen LogP contribution in [0.1, 0.15) is 11.8 Å². The molecule has 0 saturated carbocycles. The van der Waals surface area contributed by atoms with E-state index in [9.17, 15) is 4.79 Å². The molecule has 0 radical (unpaired) electrons. The molecule has 0 atom stereocenters. The zero-order valence-corrected chi connectivity index (χ0v) is 14.3. The number of nitrogens with one attached hydrogen (secondary N) is 1. The first kappa shape index (κ1) is 15.6. The van der Waals surface area contributed by atoms with Crippen LogP contribution in [0.25, 0.3) is 11.4 Å². The highest BCUT2D eigenvalue weighted by atomic mass is 32.1. The summed E-state index contributed by atoms with van der Waals surface area (Å²) in [6.45, 7) is 1.11. The maximum absolute atomic E-state index is 12.3. The fourth-order valence-electron chi connectivity index (χ4n) is 2.61. The van der Waals surface area contributed by atoms with Crippen LogP contribution < -0.4 is 10.1 Å². The molecule has 25 heavy (non-hydrogen) atoms. The van der Waals surface area contributed by atoms with Gasteiger partial charge in [0.2, 0.25) is 11.7 Å². The van der Waals surface area contributed by atoms with Crippen molar-refractivity contribution in [3.05, 3.63) is 47.0 Å². The third-order valence-corrected chi connectivity index (χ3v) is 4.74. The summed E-state index contributed by atoms with van der Waals surface area (Å²) in [5.41, 5.74) is 1.65. The number of nitrogens with zero attached hydrogens (tertiary/aromatic N) is 3. The number of aromatic nitrogens is 2. The van der Waals surface area contributed by atoms with Gasteiger partial charge in [-0.05, 0) is 23.6 Å². The molecule has 2 amide bonds. The number of benzene rings is 1. The average molecular weight is 356 g/mol. The highest BCUT2D eigenvalue weighted by Gasteiger charge is 2.35. The van der Waals surface area contributed by atoms with Gasteiger partial charge in [-0.25, -0.2) is 4.79 Å². The summed E-state index contributed by atoms with van der Waals surface area (Å²) < 4.78 is 10.5. The SMILES string of the molecule is COc1cccc(NC(=O)N2CC(c3nc(-c4ccsc4)no3)C2)c1. The Kier molecular flexibility index (Phi) is 4.10. The van der Waals surface area contributed by atoms with Gasteiger partial charge in [0, 0.05) is 35.8 Å². The topological polar surface area (TPSA) is 80.5 Å². The van der Waals surface area contributed by atoms with E-state index in [1.165, 1.54) is 0 Å². The molecule has 2 aromatic heterocycles. The lowest BCUT2D eigenvalue weighted by molar-refractivity contribution is 0.147. The van der Waals surface area contributed by atoms with Crippen LogP contribution in [-0.2, 0) is 0 Å². The summed E-state index contributed by atoms with van der Waals surface area (Å²) in [5.74, 6) is 1.95. The van der Waals surface area contributed by atoms with Gasteiger partial charge in [0.05, 0.1) is 13.0 Å². The van der Waals surface area contributed by atoms with E-state index in [1.807, 2.05) is 35.0 Å². The minimum Gasteiger partial charge on any atom is -0.497 e. The van der Waals surface area contributed by atoms with Gasteiger partial charge >= 0.3 is 6.03 Å². The number of urea groups is 1. The maximum atomic E-state index is 12.3. The Bertz CT molecular complexity index is 872. The second kappa shape index (κ2) is 6.56. The minimum atomic E-state index is -0.151. The third-order valence-electron chi connectivity index (χ3n) is 4.06. The smallest absolute Gasteiger partial charge is 0.321 e. The molecule has 1 aromatic carbocycles. The number of methoxy groups -OCH3 is 1. The minimum absolute atomic E-state index is 0.0796. The van der Waals surface area contributed by atoms with Crippen molar-refractivity contribution in [2.24, 2.45) is 0 Å². The molecule has 1 aliphatic rings. The van der Waals surface area contributed by atoms with Crippen LogP contribution in [0.5, 0.6) is 5.75 Å². The number of carbonyl (C=O) groups is 1. The Hall–Kier alpha value is -2.87. The van der Waals surface area contributed by atoms with Crippen LogP contribution in [-0.4, -0.2) is 41.3 Å². The van der Waals surface area contributed by atoms with Crippen LogP contribution in [0.3, 0.4) is 0 Å². The van der Waals surface area contributed by atoms with Crippen molar-refractivity contribution in [2.75, 3.05) is 25.5 Å². The lowest BCUT2D eigenvalue weighted by Crippen LogP contribution is -2.50. The van der Waals surface area contributed by atoms with Crippen molar-refractivity contribution in [2.45, 2.75) is 5.92 Å². The van der Waals surface area contributed by atoms with Gasteiger partial charge in [0.1, 0.15) is 5.75 Å². The highest BCUT2D eigenvalue weighted by molar-refractivity contribution is 7.08. The molecule has 8 heteroatoms. The molecule has 3 aromatic rings. The monoisotopic (exact) mass is 356 g/mol. The number of likely N-dealkylation sites (tertiary alicyclic amines) is 1. The van der Waals surface area contributed by atoms with E-state index in [2.05, 4.69) is 15.5 Å². The molecule has 4 rings (SSSR count). The largest absolute Gasteiger partial charge is 0.497 e. The normalized spacial score (nSPS) is 14.2. The number of carbonyl (C=O) groups excluding carboxylic acids is 1. The van der Waals surface area contributed by atoms with Crippen LogP contribution in [0.15, 0.2) is 45.6 Å². The molecule has 1 fully saturated rings. The molecule has 0 unspecified atom stereocenters. The lowest BCUT2D eigenvalue weighted by atomic mass is 10.0. The molecule has 128 valence electrons. The fraction of sp³-hybridized carbons (Fsp3) is 0.235. The van der Waals surface area contributed by atoms with Crippen LogP contribution in [0.2, 0.25) is 0 Å². The van der Waals surface area contributed by atoms with Gasteiger partial charge in [0.15, 0.2) is 0 Å². The van der Waals surface area contributed by atoms with Crippen molar-refractivity contribution in [1.82, 2.24) is 15.0 Å². The first-order valence-corrected chi connectivity index (χ1v) is 8.73. The molecule has 1 saturated heterocycles. The molecular weight excluding hydrogens is 340 g/mol. The van der Waals surface area contributed by atoms with Crippen LogP contribution in [0, 0.1) is 0 Å². The summed E-state index contributed by atoms with van der Waals surface area (Å²) in [6.07, 6.45) is 0. The number of rotatable bonds is 4. The lowest BCUT2D eigenvalue weighted by Gasteiger charge is -2.36. The fourth-order valence-corrected chi connectivity index (χ4v) is 3.25. The number of hydrogen-bond donors (Lipinski definition) is 1. The van der Waals surface area contributed by atoms with E-state index in [1.54, 1.807) is 29.4 Å². The van der Waals surface area contributed by atoms with Gasteiger partial charge < -0.3 is 19.5 Å². The maximum Gasteiger partial charge on any atom is 0.321 e. The van der Waals surface area contributed by atoms with E-state index in [0.717, 1.165) is 5.56 Å². The van der Waals surface area contributed by atoms with Crippen LogP contribution >= 0.6 is 11.3 Å². The van der Waals surface area contributed by atoms with E-state index in [0.29, 0.717) is 36.2 Å². The molecule has 3 heterocycles. The highest BCUT2D eigenvalue weighted by Crippen LogP contribution is 2.29. The predicted octanol–water partition coefficient (Wildman–Crippen LogP) is 3.44. The summed E-state index contributed by atoms with van der Waals surface area (Å²) in [4.78, 5) is 18.4. The van der Waals surface area contributed by atoms with Gasteiger partial charge in [-0.2, -0.15) is 16.3 Å². The summed E-state index contributed by atoms with van der Waals surface area (Å²) in [6, 6.07) is 9.06. The van der Waals surface area contributed by atoms with Gasteiger partial charge in [-0.3, -0.25) is 0 Å². The zero-order valence-electron chi connectivity index (χ0n) is 13.5. The van der Waals surface area contributed by atoms with E-state index in [-0.39, 0.29) is 11.9 Å². The summed E-state index contributed by atoms with van der Waals surface area (Å²) in [7, 11) is 1.59. The Labute approximate surface area is 148 Å². The van der Waals surface area contributed by atoms with Crippen molar-refractivity contribution >= 4 is 23.1 Å². The van der Waals surface area contributed by atoms with Crippen LogP contribution in [0.4, 0.5) is 10.5 Å². The van der Waals surface area contributed by atoms with Crippen molar-refractivity contribution < 1.29 is 14.1 Å². The second-order valence-corrected chi connectivity index (χ2v) is 6.51. The first-order chi connectivity index (χ1) is 12.2. The van der Waals surface area contributed by atoms with Gasteiger partial charge in [-0.15, -0.1) is 0 Å². The summed E-state index contributed by atoms with van der Waals surface area (Å²) >= 11 is 1.59. The molecule has 1 N–H and O–H groups in total. The van der Waals surface area contributed by atoms with Crippen molar-refractivity contribution in [1.29, 1.82) is 0 Å². The Morgan fingerprint density at radius 3 is 3.04 bits per heavy atom. The van der Waals surface area contributed by atoms with Crippen molar-refractivity contribution in [3.8, 4) is 17.1 Å². The van der Waals surface area contributed by atoms with Crippen molar-refractivity contribution in [3.63, 3.8) is 0 Å². The Balaban J connectivity index is 1.34. The molecule has 0 spiro atoms. The third kappa shape index (κ3) is 3.20. The van der Waals surface area contributed by atoms with Gasteiger partial charge in [0.25, 0.3) is 0 Å². The number of ether oxygens (including phenoxy) is 1. The zero-order chi connectivity index (χ0) is 17.2. The number of hydrogen-bond acceptors (Lipinski definition) is 6. The average Bonchev–Trinajstić information content (AvgIpc) is 3.25. The molecule has 0 bridgehead atoms. The standard InChI is InChI=1S/C17H16N4O3S/c1-23-14-4-2-3-13(7-14)18-17(22)21-8-12(9-21)16-19-15(20-24-16)11-5-6-25-10-11/h2-7,10,12H,8-9H2,1H3,(H,18,22). The second-order valence-electron chi connectivity index (χ2n) is 5.73. The number of anilines is 1. The van der Waals surface area contributed by atoms with E-state index in [4.69, 9.17) is 9.26 Å². The quantitative estimate of drug-likeness (QED) is 0.774. The van der Waals surface area contributed by atoms with Gasteiger partial charge in [-0.1, -0.05) is 11.2 Å². The van der Waals surface area contributed by atoms with E-state index < -0.39 is 0 Å². The summed E-state index contributed by atoms with van der Waals surface area (Å²) in [5, 5.41) is 10.8.